The van der Waals surface area contributed by atoms with Crippen molar-refractivity contribution in [3.8, 4) is 0 Å². The molecule has 98 valence electrons. The van der Waals surface area contributed by atoms with E-state index in [2.05, 4.69) is 61.0 Å². The highest BCUT2D eigenvalue weighted by Crippen LogP contribution is 2.44. The number of hydrogen-bond acceptors (Lipinski definition) is 2. The van der Waals surface area contributed by atoms with Gasteiger partial charge in [0.1, 0.15) is 5.82 Å². The van der Waals surface area contributed by atoms with Gasteiger partial charge in [0.05, 0.1) is 0 Å². The Balaban J connectivity index is 2.14. The standard InChI is InChI=1S/C17H20N2/c1-4-13-8-7-11-18-16(13)19-12-17(2,3)14-9-5-6-10-15(14)19/h5-11H,4,12H2,1-3H3. The first-order valence-corrected chi connectivity index (χ1v) is 6.94. The topological polar surface area (TPSA) is 16.1 Å². The van der Waals surface area contributed by atoms with Crippen molar-refractivity contribution in [2.75, 3.05) is 11.4 Å². The average molecular weight is 252 g/mol. The number of aromatic nitrogens is 1. The van der Waals surface area contributed by atoms with E-state index in [1.165, 1.54) is 16.8 Å². The first-order valence-electron chi connectivity index (χ1n) is 6.94. The van der Waals surface area contributed by atoms with Gasteiger partial charge in [0.2, 0.25) is 0 Å². The lowest BCUT2D eigenvalue weighted by atomic mass is 9.87. The van der Waals surface area contributed by atoms with Crippen LogP contribution in [0.2, 0.25) is 0 Å². The van der Waals surface area contributed by atoms with Gasteiger partial charge in [-0.2, -0.15) is 0 Å². The van der Waals surface area contributed by atoms with Crippen molar-refractivity contribution in [2.45, 2.75) is 32.6 Å². The Hall–Kier alpha value is -1.83. The molecule has 0 N–H and O–H groups in total. The molecule has 2 heteroatoms. The molecule has 1 aliphatic heterocycles. The van der Waals surface area contributed by atoms with Crippen molar-refractivity contribution in [3.05, 3.63) is 53.7 Å². The third-order valence-corrected chi connectivity index (χ3v) is 3.98. The zero-order valence-electron chi connectivity index (χ0n) is 11.9. The molecule has 19 heavy (non-hydrogen) atoms. The predicted molar refractivity (Wildman–Crippen MR) is 80.1 cm³/mol. The molecule has 0 atom stereocenters. The van der Waals surface area contributed by atoms with E-state index >= 15 is 0 Å². The van der Waals surface area contributed by atoms with Crippen LogP contribution in [0.4, 0.5) is 11.5 Å². The van der Waals surface area contributed by atoms with Gasteiger partial charge in [-0.25, -0.2) is 4.98 Å². The van der Waals surface area contributed by atoms with E-state index in [-0.39, 0.29) is 5.41 Å². The molecule has 2 aromatic rings. The first kappa shape index (κ1) is 12.2. The summed E-state index contributed by atoms with van der Waals surface area (Å²) in [7, 11) is 0. The molecule has 3 rings (SSSR count). The van der Waals surface area contributed by atoms with Crippen LogP contribution in [0.1, 0.15) is 31.9 Å². The molecule has 0 bridgehead atoms. The van der Waals surface area contributed by atoms with Gasteiger partial charge in [0, 0.05) is 23.8 Å². The highest BCUT2D eigenvalue weighted by molar-refractivity contribution is 5.72. The Kier molecular flexibility index (Phi) is 2.81. The lowest BCUT2D eigenvalue weighted by Gasteiger charge is -2.23. The molecule has 0 unspecified atom stereocenters. The summed E-state index contributed by atoms with van der Waals surface area (Å²) in [5, 5.41) is 0. The summed E-state index contributed by atoms with van der Waals surface area (Å²) < 4.78 is 0. The number of rotatable bonds is 2. The van der Waals surface area contributed by atoms with Crippen molar-refractivity contribution in [1.29, 1.82) is 0 Å². The Labute approximate surface area is 115 Å². The largest absolute Gasteiger partial charge is 0.325 e. The van der Waals surface area contributed by atoms with Gasteiger partial charge in [0.25, 0.3) is 0 Å². The molecule has 0 fully saturated rings. The van der Waals surface area contributed by atoms with Gasteiger partial charge in [-0.1, -0.05) is 45.0 Å². The highest BCUT2D eigenvalue weighted by atomic mass is 15.2. The zero-order chi connectivity index (χ0) is 13.5. The Morgan fingerprint density at radius 2 is 1.95 bits per heavy atom. The smallest absolute Gasteiger partial charge is 0.136 e. The average Bonchev–Trinajstić information content (AvgIpc) is 2.71. The number of hydrogen-bond donors (Lipinski definition) is 0. The van der Waals surface area contributed by atoms with Crippen LogP contribution in [0.3, 0.4) is 0 Å². The molecule has 2 nitrogen and oxygen atoms in total. The van der Waals surface area contributed by atoms with Crippen LogP contribution in [0.25, 0.3) is 0 Å². The summed E-state index contributed by atoms with van der Waals surface area (Å²) in [6.07, 6.45) is 2.91. The Morgan fingerprint density at radius 1 is 1.16 bits per heavy atom. The second-order valence-electron chi connectivity index (χ2n) is 5.83. The number of nitrogens with zero attached hydrogens (tertiary/aromatic N) is 2. The molecule has 0 radical (unpaired) electrons. The van der Waals surface area contributed by atoms with Crippen LogP contribution >= 0.6 is 0 Å². The summed E-state index contributed by atoms with van der Waals surface area (Å²) in [6.45, 7) is 7.80. The fraction of sp³-hybridized carbons (Fsp3) is 0.353. The molecule has 0 amide bonds. The summed E-state index contributed by atoms with van der Waals surface area (Å²) in [5.41, 5.74) is 4.22. The van der Waals surface area contributed by atoms with E-state index in [0.29, 0.717) is 0 Å². The number of anilines is 2. The maximum atomic E-state index is 4.62. The lowest BCUT2D eigenvalue weighted by molar-refractivity contribution is 0.567. The number of benzene rings is 1. The highest BCUT2D eigenvalue weighted by Gasteiger charge is 2.36. The van der Waals surface area contributed by atoms with Gasteiger partial charge in [-0.3, -0.25) is 0 Å². The van der Waals surface area contributed by atoms with Crippen LogP contribution < -0.4 is 4.90 Å². The number of aryl methyl sites for hydroxylation is 1. The van der Waals surface area contributed by atoms with E-state index in [1.807, 2.05) is 12.3 Å². The second kappa shape index (κ2) is 4.37. The Morgan fingerprint density at radius 3 is 2.74 bits per heavy atom. The number of fused-ring (bicyclic) bond motifs is 1. The van der Waals surface area contributed by atoms with E-state index in [0.717, 1.165) is 18.8 Å². The van der Waals surface area contributed by atoms with Gasteiger partial charge in [-0.15, -0.1) is 0 Å². The van der Waals surface area contributed by atoms with Crippen LogP contribution in [0.15, 0.2) is 42.6 Å². The molecule has 1 aromatic carbocycles. The summed E-state index contributed by atoms with van der Waals surface area (Å²) in [4.78, 5) is 6.99. The fourth-order valence-electron chi connectivity index (χ4n) is 2.99. The number of pyridine rings is 1. The molecular weight excluding hydrogens is 232 g/mol. The van der Waals surface area contributed by atoms with Gasteiger partial charge >= 0.3 is 0 Å². The second-order valence-corrected chi connectivity index (χ2v) is 5.83. The van der Waals surface area contributed by atoms with E-state index in [1.54, 1.807) is 0 Å². The zero-order valence-corrected chi connectivity index (χ0v) is 11.9. The van der Waals surface area contributed by atoms with Crippen molar-refractivity contribution in [2.24, 2.45) is 0 Å². The van der Waals surface area contributed by atoms with Crippen molar-refractivity contribution >= 4 is 11.5 Å². The fourth-order valence-corrected chi connectivity index (χ4v) is 2.99. The van der Waals surface area contributed by atoms with Crippen LogP contribution in [0.5, 0.6) is 0 Å². The Bertz CT molecular complexity index is 602. The first-order chi connectivity index (χ1) is 9.13. The van der Waals surface area contributed by atoms with Gasteiger partial charge in [-0.05, 0) is 29.7 Å². The third kappa shape index (κ3) is 1.92. The van der Waals surface area contributed by atoms with E-state index in [9.17, 15) is 0 Å². The minimum atomic E-state index is 0.180. The minimum absolute atomic E-state index is 0.180. The quantitative estimate of drug-likeness (QED) is 0.801. The van der Waals surface area contributed by atoms with E-state index < -0.39 is 0 Å². The molecule has 0 saturated carbocycles. The molecule has 1 aliphatic rings. The normalized spacial score (nSPS) is 16.5. The minimum Gasteiger partial charge on any atom is -0.325 e. The van der Waals surface area contributed by atoms with Crippen LogP contribution in [-0.4, -0.2) is 11.5 Å². The molecule has 0 aliphatic carbocycles. The van der Waals surface area contributed by atoms with E-state index in [4.69, 9.17) is 0 Å². The molecule has 0 saturated heterocycles. The van der Waals surface area contributed by atoms with Crippen molar-refractivity contribution < 1.29 is 0 Å². The maximum absolute atomic E-state index is 4.62. The monoisotopic (exact) mass is 252 g/mol. The molecule has 0 spiro atoms. The molecule has 1 aromatic heterocycles. The van der Waals surface area contributed by atoms with Crippen molar-refractivity contribution in [1.82, 2.24) is 4.98 Å². The third-order valence-electron chi connectivity index (χ3n) is 3.98. The lowest BCUT2D eigenvalue weighted by Crippen LogP contribution is -2.26. The summed E-state index contributed by atoms with van der Waals surface area (Å²) in [5.74, 6) is 1.11. The van der Waals surface area contributed by atoms with Crippen molar-refractivity contribution in [3.63, 3.8) is 0 Å². The maximum Gasteiger partial charge on any atom is 0.136 e. The van der Waals surface area contributed by atoms with Gasteiger partial charge < -0.3 is 4.90 Å². The molecule has 2 heterocycles. The number of para-hydroxylation sites is 1. The predicted octanol–water partition coefficient (Wildman–Crippen LogP) is 4.07. The van der Waals surface area contributed by atoms with Crippen LogP contribution in [-0.2, 0) is 11.8 Å². The summed E-state index contributed by atoms with van der Waals surface area (Å²) in [6, 6.07) is 12.9. The SMILES string of the molecule is CCc1cccnc1N1CC(C)(C)c2ccccc21. The van der Waals surface area contributed by atoms with Gasteiger partial charge in [0.15, 0.2) is 0 Å². The summed E-state index contributed by atoms with van der Waals surface area (Å²) >= 11 is 0. The van der Waals surface area contributed by atoms with Crippen LogP contribution in [0, 0.1) is 0 Å². The molecular formula is C17H20N2.